The molecule has 4 aliphatic rings. The fourth-order valence-electron chi connectivity index (χ4n) is 6.39. The summed E-state index contributed by atoms with van der Waals surface area (Å²) in [6, 6.07) is 1.86. The van der Waals surface area contributed by atoms with Crippen LogP contribution in [0.15, 0.2) is 12.4 Å². The molecule has 5 heterocycles. The highest BCUT2D eigenvalue weighted by Crippen LogP contribution is 2.44. The number of hydrogen-bond acceptors (Lipinski definition) is 8. The van der Waals surface area contributed by atoms with E-state index in [1.165, 1.54) is 38.5 Å². The minimum Gasteiger partial charge on any atom is -0.370 e. The summed E-state index contributed by atoms with van der Waals surface area (Å²) in [6.07, 6.45) is 12.6. The Morgan fingerprint density at radius 2 is 1.92 bits per heavy atom. The van der Waals surface area contributed by atoms with Crippen LogP contribution in [0.4, 0.5) is 5.82 Å². The maximum absolute atomic E-state index is 6.65. The van der Waals surface area contributed by atoms with Gasteiger partial charge in [0, 0.05) is 19.2 Å². The van der Waals surface area contributed by atoms with Crippen LogP contribution in [0.5, 0.6) is 0 Å². The fourth-order valence-corrected chi connectivity index (χ4v) is 6.63. The standard InChI is InChI=1S/C28H41ClN4O5/c1-28(2)37-24-20(16-35-22-12-6-7-14-34-22)36-27(25(24)38-28)33-17-31-23-19(29)15-21(32-26(23)33)30-13-8-11-18-9-4-3-5-10-18/h15,17-18,20,22,24-25,27H,3-14,16H2,1-2H3,(H,30,32)/t20-,22?,24-,25-,27-/m1/s1. The fraction of sp³-hybridized carbons (Fsp3) is 0.786. The third-order valence-electron chi connectivity index (χ3n) is 8.29. The lowest BCUT2D eigenvalue weighted by molar-refractivity contribution is -0.219. The number of halogens is 1. The third-order valence-corrected chi connectivity index (χ3v) is 8.58. The Hall–Kier alpha value is -1.49. The van der Waals surface area contributed by atoms with Gasteiger partial charge in [0.15, 0.2) is 24.0 Å². The average Bonchev–Trinajstić information content (AvgIpc) is 3.57. The monoisotopic (exact) mass is 548 g/mol. The van der Waals surface area contributed by atoms with Crippen molar-refractivity contribution in [1.82, 2.24) is 14.5 Å². The minimum atomic E-state index is -0.719. The van der Waals surface area contributed by atoms with Crippen LogP contribution in [0.1, 0.15) is 84.3 Å². The highest BCUT2D eigenvalue weighted by Gasteiger charge is 2.56. The molecule has 210 valence electrons. The largest absolute Gasteiger partial charge is 0.370 e. The van der Waals surface area contributed by atoms with Crippen LogP contribution in [-0.2, 0) is 23.7 Å². The van der Waals surface area contributed by atoms with E-state index in [0.717, 1.165) is 50.6 Å². The Morgan fingerprint density at radius 3 is 2.74 bits per heavy atom. The molecule has 3 saturated heterocycles. The number of anilines is 1. The summed E-state index contributed by atoms with van der Waals surface area (Å²) in [6.45, 7) is 5.85. The first-order valence-electron chi connectivity index (χ1n) is 14.5. The molecule has 0 amide bonds. The van der Waals surface area contributed by atoms with Gasteiger partial charge in [0.1, 0.15) is 29.6 Å². The quantitative estimate of drug-likeness (QED) is 0.392. The Bertz CT molecular complexity index is 1080. The minimum absolute atomic E-state index is 0.193. The van der Waals surface area contributed by atoms with Gasteiger partial charge in [0.05, 0.1) is 18.0 Å². The Labute approximate surface area is 229 Å². The van der Waals surface area contributed by atoms with Crippen molar-refractivity contribution in [1.29, 1.82) is 0 Å². The van der Waals surface area contributed by atoms with Crippen molar-refractivity contribution in [3.63, 3.8) is 0 Å². The van der Waals surface area contributed by atoms with Gasteiger partial charge in [-0.05, 0) is 51.9 Å². The lowest BCUT2D eigenvalue weighted by atomic mass is 9.86. The molecule has 0 spiro atoms. The molecule has 9 nitrogen and oxygen atoms in total. The van der Waals surface area contributed by atoms with Crippen molar-refractivity contribution in [2.45, 2.75) is 115 Å². The smallest absolute Gasteiger partial charge is 0.166 e. The van der Waals surface area contributed by atoms with E-state index in [0.29, 0.717) is 22.8 Å². The first kappa shape index (κ1) is 26.7. The van der Waals surface area contributed by atoms with Gasteiger partial charge in [-0.25, -0.2) is 9.97 Å². The number of pyridine rings is 1. The summed E-state index contributed by atoms with van der Waals surface area (Å²) >= 11 is 6.65. The number of fused-ring (bicyclic) bond motifs is 2. The molecule has 2 aromatic heterocycles. The number of rotatable bonds is 9. The molecule has 5 atom stereocenters. The van der Waals surface area contributed by atoms with E-state index in [9.17, 15) is 0 Å². The van der Waals surface area contributed by atoms with E-state index in [4.69, 9.17) is 40.3 Å². The number of hydrogen-bond donors (Lipinski definition) is 1. The summed E-state index contributed by atoms with van der Waals surface area (Å²) in [5.41, 5.74) is 1.31. The average molecular weight is 549 g/mol. The van der Waals surface area contributed by atoms with Crippen LogP contribution in [-0.4, -0.2) is 64.7 Å². The van der Waals surface area contributed by atoms with Crippen molar-refractivity contribution in [2.24, 2.45) is 5.92 Å². The molecule has 1 saturated carbocycles. The van der Waals surface area contributed by atoms with Crippen molar-refractivity contribution in [3.8, 4) is 0 Å². The zero-order valence-electron chi connectivity index (χ0n) is 22.6. The summed E-state index contributed by atoms with van der Waals surface area (Å²) in [7, 11) is 0. The molecule has 0 bridgehead atoms. The van der Waals surface area contributed by atoms with Crippen molar-refractivity contribution in [3.05, 3.63) is 17.4 Å². The van der Waals surface area contributed by atoms with Crippen molar-refractivity contribution in [2.75, 3.05) is 25.1 Å². The number of nitrogens with one attached hydrogen (secondary N) is 1. The predicted octanol–water partition coefficient (Wildman–Crippen LogP) is 5.82. The van der Waals surface area contributed by atoms with Gasteiger partial charge >= 0.3 is 0 Å². The SMILES string of the molecule is CC1(C)O[C@@H]2[C@H](O1)[C@@H](COC1CCCCO1)O[C@H]2n1cnc2c(Cl)cc(NCCCC3CCCCC3)nc21. The van der Waals surface area contributed by atoms with E-state index in [2.05, 4.69) is 10.3 Å². The summed E-state index contributed by atoms with van der Waals surface area (Å²) in [5.74, 6) is 0.905. The Kier molecular flexibility index (Phi) is 8.12. The first-order valence-corrected chi connectivity index (χ1v) is 14.9. The van der Waals surface area contributed by atoms with Gasteiger partial charge in [-0.15, -0.1) is 0 Å². The van der Waals surface area contributed by atoms with E-state index in [-0.39, 0.29) is 24.6 Å². The molecule has 3 aliphatic heterocycles. The molecule has 1 aliphatic carbocycles. The van der Waals surface area contributed by atoms with Crippen LogP contribution in [0.3, 0.4) is 0 Å². The second-order valence-corrected chi connectivity index (χ2v) is 12.1. The van der Waals surface area contributed by atoms with Gasteiger partial charge in [-0.2, -0.15) is 0 Å². The van der Waals surface area contributed by atoms with Crippen molar-refractivity contribution >= 4 is 28.6 Å². The molecule has 1 unspecified atom stereocenters. The van der Waals surface area contributed by atoms with Gasteiger partial charge in [-0.1, -0.05) is 43.7 Å². The van der Waals surface area contributed by atoms with Gasteiger partial charge in [0.25, 0.3) is 0 Å². The molecule has 4 fully saturated rings. The van der Waals surface area contributed by atoms with Gasteiger partial charge in [0.2, 0.25) is 0 Å². The Morgan fingerprint density at radius 1 is 1.11 bits per heavy atom. The van der Waals surface area contributed by atoms with E-state index < -0.39 is 12.0 Å². The molecule has 1 N–H and O–H groups in total. The molecule has 10 heteroatoms. The lowest BCUT2D eigenvalue weighted by Crippen LogP contribution is -2.35. The van der Waals surface area contributed by atoms with Crippen LogP contribution in [0.25, 0.3) is 11.2 Å². The number of imidazole rings is 1. The highest BCUT2D eigenvalue weighted by molar-refractivity contribution is 6.35. The summed E-state index contributed by atoms with van der Waals surface area (Å²) in [4.78, 5) is 9.47. The topological polar surface area (TPSA) is 88.9 Å². The van der Waals surface area contributed by atoms with Gasteiger partial charge < -0.3 is 29.0 Å². The number of aromatic nitrogens is 3. The number of nitrogens with zero attached hydrogens (tertiary/aromatic N) is 3. The molecular weight excluding hydrogens is 508 g/mol. The van der Waals surface area contributed by atoms with Crippen LogP contribution in [0, 0.1) is 5.92 Å². The molecule has 2 aromatic rings. The molecule has 6 rings (SSSR count). The molecule has 0 aromatic carbocycles. The predicted molar refractivity (Wildman–Crippen MR) is 144 cm³/mol. The van der Waals surface area contributed by atoms with Crippen LogP contribution >= 0.6 is 11.6 Å². The van der Waals surface area contributed by atoms with E-state index in [1.54, 1.807) is 6.33 Å². The highest BCUT2D eigenvalue weighted by atomic mass is 35.5. The van der Waals surface area contributed by atoms with Crippen LogP contribution in [0.2, 0.25) is 5.02 Å². The second kappa shape index (κ2) is 11.6. The second-order valence-electron chi connectivity index (χ2n) is 11.6. The van der Waals surface area contributed by atoms with E-state index >= 15 is 0 Å². The number of ether oxygens (including phenoxy) is 5. The van der Waals surface area contributed by atoms with Crippen LogP contribution < -0.4 is 5.32 Å². The maximum atomic E-state index is 6.65. The summed E-state index contributed by atoms with van der Waals surface area (Å²) < 4.78 is 32.8. The van der Waals surface area contributed by atoms with Gasteiger partial charge in [-0.3, -0.25) is 4.57 Å². The lowest BCUT2D eigenvalue weighted by Gasteiger charge is -2.27. The Balaban J connectivity index is 1.16. The molecule has 38 heavy (non-hydrogen) atoms. The van der Waals surface area contributed by atoms with E-state index in [1.807, 2.05) is 24.5 Å². The van der Waals surface area contributed by atoms with Crippen molar-refractivity contribution < 1.29 is 23.7 Å². The normalized spacial score (nSPS) is 31.6. The molecular formula is C28H41ClN4O5. The third kappa shape index (κ3) is 5.83. The zero-order valence-corrected chi connectivity index (χ0v) is 23.3. The molecule has 0 radical (unpaired) electrons. The first-order chi connectivity index (χ1) is 18.5. The maximum Gasteiger partial charge on any atom is 0.166 e. The zero-order chi connectivity index (χ0) is 26.1. The summed E-state index contributed by atoms with van der Waals surface area (Å²) in [5, 5.41) is 4.05.